The van der Waals surface area contributed by atoms with E-state index in [1.165, 1.54) is 17.3 Å². The third kappa shape index (κ3) is 3.02. The van der Waals surface area contributed by atoms with Gasteiger partial charge in [0.2, 0.25) is 5.95 Å². The minimum Gasteiger partial charge on any atom is -0.481 e. The van der Waals surface area contributed by atoms with E-state index >= 15 is 0 Å². The van der Waals surface area contributed by atoms with E-state index in [4.69, 9.17) is 9.84 Å². The summed E-state index contributed by atoms with van der Waals surface area (Å²) in [6, 6.07) is 0.722. The first kappa shape index (κ1) is 14.2. The average Bonchev–Trinajstić information content (AvgIpc) is 2.90. The second-order valence-electron chi connectivity index (χ2n) is 4.34. The van der Waals surface area contributed by atoms with Gasteiger partial charge in [0.15, 0.2) is 0 Å². The number of carbonyl (C=O) groups excluding carboxylic acids is 1. The van der Waals surface area contributed by atoms with Crippen LogP contribution >= 0.6 is 0 Å². The summed E-state index contributed by atoms with van der Waals surface area (Å²) in [5.74, 6) is -1.49. The number of amides is 2. The molecule has 8 heteroatoms. The minimum absolute atomic E-state index is 0.117. The molecule has 1 aliphatic heterocycles. The van der Waals surface area contributed by atoms with Crippen LogP contribution < -0.4 is 5.32 Å². The van der Waals surface area contributed by atoms with Crippen molar-refractivity contribution in [2.24, 2.45) is 5.92 Å². The van der Waals surface area contributed by atoms with Crippen molar-refractivity contribution in [2.45, 2.75) is 13.0 Å². The molecule has 0 aromatic carbocycles. The number of hydrogen-bond acceptors (Lipinski definition) is 5. The summed E-state index contributed by atoms with van der Waals surface area (Å²) in [5, 5.41) is 11.7. The predicted molar refractivity (Wildman–Crippen MR) is 69.2 cm³/mol. The Hall–Kier alpha value is -2.22. The van der Waals surface area contributed by atoms with Crippen LogP contribution in [0.4, 0.5) is 10.7 Å². The fraction of sp³-hybridized carbons (Fsp3) is 0.500. The number of nitrogens with one attached hydrogen (secondary N) is 1. The van der Waals surface area contributed by atoms with E-state index in [1.807, 2.05) is 0 Å². The third-order valence-electron chi connectivity index (χ3n) is 3.15. The first-order valence-corrected chi connectivity index (χ1v) is 6.28. The third-order valence-corrected chi connectivity index (χ3v) is 3.15. The highest BCUT2D eigenvalue weighted by atomic mass is 16.5. The lowest BCUT2D eigenvalue weighted by atomic mass is 10.0. The van der Waals surface area contributed by atoms with E-state index in [-0.39, 0.29) is 19.2 Å². The lowest BCUT2D eigenvalue weighted by Crippen LogP contribution is -2.48. The molecule has 20 heavy (non-hydrogen) atoms. The standard InChI is InChI=1S/C12H16N4O4/c1-2-16(9-7-20-6-8(9)10(17)18)12(19)15-11-13-4-3-5-14-11/h3-5,8-9H,2,6-7H2,1H3,(H,17,18)(H,13,14,15,19). The quantitative estimate of drug-likeness (QED) is 0.828. The zero-order valence-corrected chi connectivity index (χ0v) is 11.0. The molecular formula is C12H16N4O4. The predicted octanol–water partition coefficient (Wildman–Crippen LogP) is 0.430. The van der Waals surface area contributed by atoms with Crippen molar-refractivity contribution in [3.63, 3.8) is 0 Å². The van der Waals surface area contributed by atoms with Crippen molar-refractivity contribution in [2.75, 3.05) is 25.1 Å². The number of carbonyl (C=O) groups is 2. The zero-order valence-electron chi connectivity index (χ0n) is 11.0. The summed E-state index contributed by atoms with van der Waals surface area (Å²) in [7, 11) is 0. The molecule has 0 spiro atoms. The van der Waals surface area contributed by atoms with Crippen LogP contribution in [0.15, 0.2) is 18.5 Å². The fourth-order valence-corrected chi connectivity index (χ4v) is 2.15. The van der Waals surface area contributed by atoms with E-state index in [2.05, 4.69) is 15.3 Å². The number of hydrogen-bond donors (Lipinski definition) is 2. The van der Waals surface area contributed by atoms with E-state index in [0.717, 1.165) is 0 Å². The molecule has 1 aromatic rings. The molecule has 0 bridgehead atoms. The molecule has 2 unspecified atom stereocenters. The van der Waals surface area contributed by atoms with E-state index in [1.54, 1.807) is 13.0 Å². The van der Waals surface area contributed by atoms with E-state index < -0.39 is 24.0 Å². The maximum absolute atomic E-state index is 12.2. The molecule has 2 heterocycles. The monoisotopic (exact) mass is 280 g/mol. The maximum Gasteiger partial charge on any atom is 0.324 e. The number of carboxylic acid groups (broad SMARTS) is 1. The Labute approximate surface area is 115 Å². The second kappa shape index (κ2) is 6.29. The molecule has 1 fully saturated rings. The number of nitrogens with zero attached hydrogens (tertiary/aromatic N) is 3. The van der Waals surface area contributed by atoms with Crippen LogP contribution in [-0.4, -0.2) is 57.8 Å². The van der Waals surface area contributed by atoms with Crippen molar-refractivity contribution in [1.82, 2.24) is 14.9 Å². The summed E-state index contributed by atoms with van der Waals surface area (Å²) in [6.07, 6.45) is 3.02. The SMILES string of the molecule is CCN(C(=O)Nc1ncccn1)C1COCC1C(=O)O. The number of carboxylic acids is 1. The first-order valence-electron chi connectivity index (χ1n) is 6.28. The maximum atomic E-state index is 12.2. The summed E-state index contributed by atoms with van der Waals surface area (Å²) >= 11 is 0. The van der Waals surface area contributed by atoms with Gasteiger partial charge in [0.25, 0.3) is 0 Å². The molecule has 0 aliphatic carbocycles. The van der Waals surface area contributed by atoms with Gasteiger partial charge in [-0.05, 0) is 13.0 Å². The smallest absolute Gasteiger partial charge is 0.324 e. The molecule has 108 valence electrons. The normalized spacial score (nSPS) is 21.4. The van der Waals surface area contributed by atoms with Crippen LogP contribution in [0.2, 0.25) is 0 Å². The second-order valence-corrected chi connectivity index (χ2v) is 4.34. The Morgan fingerprint density at radius 2 is 2.15 bits per heavy atom. The summed E-state index contributed by atoms with van der Waals surface area (Å²) in [5.41, 5.74) is 0. The van der Waals surface area contributed by atoms with Crippen LogP contribution in [0.25, 0.3) is 0 Å². The molecule has 0 saturated carbocycles. The van der Waals surface area contributed by atoms with Gasteiger partial charge in [-0.3, -0.25) is 10.1 Å². The van der Waals surface area contributed by atoms with Crippen LogP contribution in [0.3, 0.4) is 0 Å². The average molecular weight is 280 g/mol. The van der Waals surface area contributed by atoms with Gasteiger partial charge in [-0.15, -0.1) is 0 Å². The molecule has 1 aliphatic rings. The Bertz CT molecular complexity index is 482. The van der Waals surface area contributed by atoms with Crippen molar-refractivity contribution < 1.29 is 19.4 Å². The fourth-order valence-electron chi connectivity index (χ4n) is 2.15. The molecule has 0 radical (unpaired) electrons. The number of likely N-dealkylation sites (N-methyl/N-ethyl adjacent to an activating group) is 1. The van der Waals surface area contributed by atoms with Crippen molar-refractivity contribution >= 4 is 17.9 Å². The highest BCUT2D eigenvalue weighted by molar-refractivity contribution is 5.88. The van der Waals surface area contributed by atoms with Gasteiger partial charge in [-0.1, -0.05) is 0 Å². The van der Waals surface area contributed by atoms with Gasteiger partial charge < -0.3 is 14.7 Å². The van der Waals surface area contributed by atoms with Gasteiger partial charge >= 0.3 is 12.0 Å². The number of rotatable bonds is 4. The highest BCUT2D eigenvalue weighted by Crippen LogP contribution is 2.20. The van der Waals surface area contributed by atoms with Gasteiger partial charge in [0.05, 0.1) is 19.3 Å². The minimum atomic E-state index is -0.963. The molecule has 1 aromatic heterocycles. The Morgan fingerprint density at radius 3 is 2.75 bits per heavy atom. The van der Waals surface area contributed by atoms with Crippen LogP contribution in [-0.2, 0) is 9.53 Å². The first-order chi connectivity index (χ1) is 9.63. The Kier molecular flexibility index (Phi) is 4.46. The van der Waals surface area contributed by atoms with Gasteiger partial charge in [0, 0.05) is 18.9 Å². The largest absolute Gasteiger partial charge is 0.481 e. The molecule has 2 N–H and O–H groups in total. The molecule has 2 amide bonds. The molecule has 1 saturated heterocycles. The topological polar surface area (TPSA) is 105 Å². The molecular weight excluding hydrogens is 264 g/mol. The van der Waals surface area contributed by atoms with Crippen LogP contribution in [0.5, 0.6) is 0 Å². The molecule has 2 rings (SSSR count). The zero-order chi connectivity index (χ0) is 14.5. The summed E-state index contributed by atoms with van der Waals surface area (Å²) in [4.78, 5) is 32.6. The van der Waals surface area contributed by atoms with Gasteiger partial charge in [-0.25, -0.2) is 14.8 Å². The number of anilines is 1. The highest BCUT2D eigenvalue weighted by Gasteiger charge is 2.39. The van der Waals surface area contributed by atoms with Gasteiger partial charge in [-0.2, -0.15) is 0 Å². The Balaban J connectivity index is 2.07. The van der Waals surface area contributed by atoms with Crippen LogP contribution in [0.1, 0.15) is 6.92 Å². The van der Waals surface area contributed by atoms with Crippen LogP contribution in [0, 0.1) is 5.92 Å². The van der Waals surface area contributed by atoms with Crippen molar-refractivity contribution in [1.29, 1.82) is 0 Å². The molecule has 2 atom stereocenters. The number of urea groups is 1. The van der Waals surface area contributed by atoms with Crippen molar-refractivity contribution in [3.05, 3.63) is 18.5 Å². The lowest BCUT2D eigenvalue weighted by Gasteiger charge is -2.28. The Morgan fingerprint density at radius 1 is 1.45 bits per heavy atom. The lowest BCUT2D eigenvalue weighted by molar-refractivity contribution is -0.142. The van der Waals surface area contributed by atoms with Gasteiger partial charge in [0.1, 0.15) is 5.92 Å². The van der Waals surface area contributed by atoms with E-state index in [0.29, 0.717) is 6.54 Å². The molecule has 8 nitrogen and oxygen atoms in total. The number of aromatic nitrogens is 2. The van der Waals surface area contributed by atoms with E-state index in [9.17, 15) is 9.59 Å². The number of ether oxygens (including phenoxy) is 1. The van der Waals surface area contributed by atoms with Crippen molar-refractivity contribution in [3.8, 4) is 0 Å². The summed E-state index contributed by atoms with van der Waals surface area (Å²) < 4.78 is 5.18. The summed E-state index contributed by atoms with van der Waals surface area (Å²) in [6.45, 7) is 2.48. The number of aliphatic carboxylic acids is 1.